The molecule has 0 saturated heterocycles. The summed E-state index contributed by atoms with van der Waals surface area (Å²) < 4.78 is 7.87. The van der Waals surface area contributed by atoms with Crippen molar-refractivity contribution in [2.45, 2.75) is 45.2 Å². The highest BCUT2D eigenvalue weighted by Gasteiger charge is 2.32. The highest BCUT2D eigenvalue weighted by atomic mass is 16.5. The second-order valence-electron chi connectivity index (χ2n) is 9.68. The van der Waals surface area contributed by atoms with Gasteiger partial charge in [0.2, 0.25) is 0 Å². The summed E-state index contributed by atoms with van der Waals surface area (Å²) in [6.45, 7) is 4.99. The number of hydrogen-bond donors (Lipinski definition) is 0. The Kier molecular flexibility index (Phi) is 6.42. The lowest BCUT2D eigenvalue weighted by molar-refractivity contribution is 0.0726. The largest absolute Gasteiger partial charge is 0.492 e. The smallest absolute Gasteiger partial charge is 0.274 e. The molecule has 2 aliphatic rings. The van der Waals surface area contributed by atoms with E-state index < -0.39 is 0 Å². The lowest BCUT2D eigenvalue weighted by Gasteiger charge is -2.32. The van der Waals surface area contributed by atoms with Crippen LogP contribution < -0.4 is 4.74 Å². The summed E-state index contributed by atoms with van der Waals surface area (Å²) in [7, 11) is 4.13. The number of aryl methyl sites for hydroxylation is 2. The first-order chi connectivity index (χ1) is 16.5. The van der Waals surface area contributed by atoms with E-state index in [1.54, 1.807) is 0 Å². The van der Waals surface area contributed by atoms with Crippen LogP contribution in [0.2, 0.25) is 0 Å². The van der Waals surface area contributed by atoms with Crippen LogP contribution in [-0.2, 0) is 32.9 Å². The lowest BCUT2D eigenvalue weighted by Crippen LogP contribution is -2.40. The highest BCUT2D eigenvalue weighted by Crippen LogP contribution is 2.29. The Morgan fingerprint density at radius 2 is 1.88 bits per heavy atom. The molecule has 0 spiro atoms. The number of amides is 1. The van der Waals surface area contributed by atoms with Gasteiger partial charge in [-0.1, -0.05) is 42.0 Å². The third-order valence-corrected chi connectivity index (χ3v) is 7.41. The fourth-order valence-corrected chi connectivity index (χ4v) is 5.26. The molecule has 3 aromatic rings. The molecular weight excluding hydrogens is 424 g/mol. The van der Waals surface area contributed by atoms with E-state index in [4.69, 9.17) is 9.84 Å². The zero-order valence-electron chi connectivity index (χ0n) is 20.5. The Bertz CT molecular complexity index is 1170. The van der Waals surface area contributed by atoms with Crippen molar-refractivity contribution in [3.8, 4) is 5.75 Å². The number of benzene rings is 2. The standard InChI is InChI=1S/C28H34N4O2/c1-20-8-11-24(12-9-20)34-17-16-30(2)23-10-13-26-25(18-23)27(29-31(26)3)28(33)32-15-14-21-6-4-5-7-22(21)19-32/h4-9,11-12,23H,10,13-19H2,1-3H3. The van der Waals surface area contributed by atoms with Gasteiger partial charge in [0.1, 0.15) is 12.4 Å². The SMILES string of the molecule is Cc1ccc(OCCN(C)C2CCc3c(c(C(=O)N4CCc5ccccc5C4)nn3C)C2)cc1. The van der Waals surface area contributed by atoms with Crippen molar-refractivity contribution in [2.75, 3.05) is 26.7 Å². The van der Waals surface area contributed by atoms with Crippen LogP contribution in [0.3, 0.4) is 0 Å². The maximum atomic E-state index is 13.5. The topological polar surface area (TPSA) is 50.6 Å². The molecular formula is C28H34N4O2. The van der Waals surface area contributed by atoms with Crippen LogP contribution in [0.5, 0.6) is 5.75 Å². The zero-order chi connectivity index (χ0) is 23.7. The van der Waals surface area contributed by atoms with Crippen molar-refractivity contribution in [3.63, 3.8) is 0 Å². The molecule has 1 aliphatic heterocycles. The third kappa shape index (κ3) is 4.60. The molecule has 2 aromatic carbocycles. The summed E-state index contributed by atoms with van der Waals surface area (Å²) in [6, 6.07) is 17.0. The van der Waals surface area contributed by atoms with Crippen LogP contribution in [0, 0.1) is 6.92 Å². The highest BCUT2D eigenvalue weighted by molar-refractivity contribution is 5.94. The Morgan fingerprint density at radius 1 is 1.12 bits per heavy atom. The van der Waals surface area contributed by atoms with Crippen LogP contribution in [0.1, 0.15) is 44.9 Å². The molecule has 1 unspecified atom stereocenters. The van der Waals surface area contributed by atoms with E-state index in [1.165, 1.54) is 22.4 Å². The summed E-state index contributed by atoms with van der Waals surface area (Å²) in [6.07, 6.45) is 3.78. The first-order valence-electron chi connectivity index (χ1n) is 12.3. The monoisotopic (exact) mass is 458 g/mol. The Morgan fingerprint density at radius 3 is 2.68 bits per heavy atom. The number of rotatable bonds is 6. The molecule has 0 radical (unpaired) electrons. The predicted molar refractivity (Wildman–Crippen MR) is 133 cm³/mol. The van der Waals surface area contributed by atoms with Gasteiger partial charge >= 0.3 is 0 Å². The van der Waals surface area contributed by atoms with Gasteiger partial charge in [0.05, 0.1) is 0 Å². The van der Waals surface area contributed by atoms with Crippen LogP contribution >= 0.6 is 0 Å². The molecule has 0 N–H and O–H groups in total. The third-order valence-electron chi connectivity index (χ3n) is 7.41. The van der Waals surface area contributed by atoms with E-state index in [2.05, 4.69) is 55.3 Å². The maximum absolute atomic E-state index is 13.5. The van der Waals surface area contributed by atoms with Crippen molar-refractivity contribution < 1.29 is 9.53 Å². The predicted octanol–water partition coefficient (Wildman–Crippen LogP) is 3.80. The number of ether oxygens (including phenoxy) is 1. The molecule has 0 saturated carbocycles. The van der Waals surface area contributed by atoms with Gasteiger partial charge in [-0.25, -0.2) is 0 Å². The Balaban J connectivity index is 1.24. The second-order valence-corrected chi connectivity index (χ2v) is 9.68. The molecule has 1 aliphatic carbocycles. The summed E-state index contributed by atoms with van der Waals surface area (Å²) in [4.78, 5) is 17.9. The number of carbonyl (C=O) groups excluding carboxylic acids is 1. The van der Waals surface area contributed by atoms with Gasteiger partial charge in [-0.15, -0.1) is 0 Å². The first kappa shape index (κ1) is 22.7. The van der Waals surface area contributed by atoms with Crippen molar-refractivity contribution in [1.82, 2.24) is 19.6 Å². The molecule has 2 heterocycles. The van der Waals surface area contributed by atoms with Crippen LogP contribution in [0.4, 0.5) is 0 Å². The van der Waals surface area contributed by atoms with Crippen LogP contribution in [-0.4, -0.2) is 58.3 Å². The van der Waals surface area contributed by atoms with Crippen molar-refractivity contribution in [2.24, 2.45) is 7.05 Å². The zero-order valence-corrected chi connectivity index (χ0v) is 20.5. The molecule has 6 nitrogen and oxygen atoms in total. The van der Waals surface area contributed by atoms with E-state index in [9.17, 15) is 4.79 Å². The Hall–Kier alpha value is -3.12. The van der Waals surface area contributed by atoms with Crippen LogP contribution in [0.25, 0.3) is 0 Å². The molecule has 1 aromatic heterocycles. The van der Waals surface area contributed by atoms with Gasteiger partial charge in [-0.2, -0.15) is 5.10 Å². The lowest BCUT2D eigenvalue weighted by atomic mass is 9.90. The summed E-state index contributed by atoms with van der Waals surface area (Å²) in [5.74, 6) is 0.977. The van der Waals surface area contributed by atoms with Gasteiger partial charge in [0.25, 0.3) is 5.91 Å². The number of likely N-dealkylation sites (N-methyl/N-ethyl adjacent to an activating group) is 1. The molecule has 1 amide bonds. The maximum Gasteiger partial charge on any atom is 0.274 e. The fraction of sp³-hybridized carbons (Fsp3) is 0.429. The average Bonchev–Trinajstić information content (AvgIpc) is 3.20. The molecule has 1 atom stereocenters. The van der Waals surface area contributed by atoms with Gasteiger partial charge in [0, 0.05) is 44.0 Å². The molecule has 5 rings (SSSR count). The quantitative estimate of drug-likeness (QED) is 0.564. The normalized spacial score (nSPS) is 17.4. The summed E-state index contributed by atoms with van der Waals surface area (Å²) in [5.41, 5.74) is 6.82. The Labute approximate surface area is 202 Å². The minimum Gasteiger partial charge on any atom is -0.492 e. The number of hydrogen-bond acceptors (Lipinski definition) is 4. The number of fused-ring (bicyclic) bond motifs is 2. The number of carbonyl (C=O) groups is 1. The average molecular weight is 459 g/mol. The van der Waals surface area contributed by atoms with Gasteiger partial charge in [-0.05, 0) is 62.9 Å². The van der Waals surface area contributed by atoms with Crippen molar-refractivity contribution in [1.29, 1.82) is 0 Å². The summed E-state index contributed by atoms with van der Waals surface area (Å²) >= 11 is 0. The molecule has 0 fully saturated rings. The van der Waals surface area contributed by atoms with Crippen molar-refractivity contribution in [3.05, 3.63) is 82.2 Å². The number of aromatic nitrogens is 2. The second kappa shape index (κ2) is 9.63. The molecule has 0 bridgehead atoms. The van der Waals surface area contributed by atoms with Crippen molar-refractivity contribution >= 4 is 5.91 Å². The number of nitrogens with zero attached hydrogens (tertiary/aromatic N) is 4. The van der Waals surface area contributed by atoms with Gasteiger partial charge < -0.3 is 9.64 Å². The van der Waals surface area contributed by atoms with E-state index in [-0.39, 0.29) is 5.91 Å². The minimum absolute atomic E-state index is 0.0670. The fourth-order valence-electron chi connectivity index (χ4n) is 5.26. The van der Waals surface area contributed by atoms with Gasteiger partial charge in [0.15, 0.2) is 5.69 Å². The minimum atomic E-state index is 0.0670. The van der Waals surface area contributed by atoms with Gasteiger partial charge in [-0.3, -0.25) is 14.4 Å². The van der Waals surface area contributed by atoms with Crippen LogP contribution in [0.15, 0.2) is 48.5 Å². The molecule has 34 heavy (non-hydrogen) atoms. The van der Waals surface area contributed by atoms with E-state index in [0.29, 0.717) is 24.9 Å². The first-order valence-corrected chi connectivity index (χ1v) is 12.3. The van der Waals surface area contributed by atoms with E-state index in [1.807, 2.05) is 28.8 Å². The van der Waals surface area contributed by atoms with E-state index in [0.717, 1.165) is 50.1 Å². The summed E-state index contributed by atoms with van der Waals surface area (Å²) in [5, 5.41) is 4.71. The van der Waals surface area contributed by atoms with E-state index >= 15 is 0 Å². The molecule has 178 valence electrons. The molecule has 6 heteroatoms.